The number of aromatic nitrogens is 2. The Kier molecular flexibility index (Phi) is 1.09. The Morgan fingerprint density at radius 3 is 3.09 bits per heavy atom. The Labute approximate surface area is 61.7 Å². The zero-order valence-electron chi connectivity index (χ0n) is 5.53. The van der Waals surface area contributed by atoms with Crippen molar-refractivity contribution < 1.29 is 9.50 Å². The molecular formula is C7H5FN2O. The molecular weight excluding hydrogens is 147 g/mol. The molecule has 56 valence electrons. The molecule has 0 saturated heterocycles. The van der Waals surface area contributed by atoms with Gasteiger partial charge in [0.2, 0.25) is 5.95 Å². The topological polar surface area (TPSA) is 37.5 Å². The van der Waals surface area contributed by atoms with Crippen molar-refractivity contribution in [1.82, 2.24) is 9.61 Å². The largest absolute Gasteiger partial charge is 0.508 e. The fourth-order valence-electron chi connectivity index (χ4n) is 0.951. The molecule has 0 radical (unpaired) electrons. The van der Waals surface area contributed by atoms with Crippen molar-refractivity contribution in [2.24, 2.45) is 0 Å². The van der Waals surface area contributed by atoms with Crippen molar-refractivity contribution in [3.63, 3.8) is 0 Å². The summed E-state index contributed by atoms with van der Waals surface area (Å²) in [4.78, 5) is 0. The molecule has 4 heteroatoms. The third kappa shape index (κ3) is 0.920. The van der Waals surface area contributed by atoms with Gasteiger partial charge in [-0.1, -0.05) is 0 Å². The molecule has 0 aliphatic rings. The molecule has 11 heavy (non-hydrogen) atoms. The van der Waals surface area contributed by atoms with Crippen LogP contribution in [0.3, 0.4) is 0 Å². The van der Waals surface area contributed by atoms with Gasteiger partial charge in [0, 0.05) is 18.3 Å². The highest BCUT2D eigenvalue weighted by Crippen LogP contribution is 2.12. The molecule has 2 aromatic rings. The van der Waals surface area contributed by atoms with E-state index in [0.717, 1.165) is 0 Å². The predicted octanol–water partition coefficient (Wildman–Crippen LogP) is 1.18. The molecule has 3 nitrogen and oxygen atoms in total. The van der Waals surface area contributed by atoms with Gasteiger partial charge in [-0.25, -0.2) is 4.52 Å². The van der Waals surface area contributed by atoms with E-state index in [1.807, 2.05) is 0 Å². The molecule has 0 bridgehead atoms. The van der Waals surface area contributed by atoms with Crippen LogP contribution in [0.15, 0.2) is 24.4 Å². The lowest BCUT2D eigenvalue weighted by Crippen LogP contribution is -1.84. The second-order valence-corrected chi connectivity index (χ2v) is 2.22. The molecule has 0 saturated carbocycles. The fourth-order valence-corrected chi connectivity index (χ4v) is 0.951. The van der Waals surface area contributed by atoms with Crippen molar-refractivity contribution in [2.45, 2.75) is 0 Å². The molecule has 2 heterocycles. The van der Waals surface area contributed by atoms with E-state index < -0.39 is 5.95 Å². The van der Waals surface area contributed by atoms with E-state index >= 15 is 0 Å². The second kappa shape index (κ2) is 1.95. The molecule has 0 amide bonds. The molecule has 0 aliphatic heterocycles. The van der Waals surface area contributed by atoms with Gasteiger partial charge in [-0.3, -0.25) is 0 Å². The van der Waals surface area contributed by atoms with Gasteiger partial charge < -0.3 is 5.11 Å². The Bertz CT molecular complexity index is 396. The van der Waals surface area contributed by atoms with Crippen molar-refractivity contribution in [3.8, 4) is 5.75 Å². The minimum atomic E-state index is -0.546. The lowest BCUT2D eigenvalue weighted by atomic mass is 10.4. The number of aromatic hydroxyl groups is 1. The average molecular weight is 152 g/mol. The van der Waals surface area contributed by atoms with Gasteiger partial charge in [0.25, 0.3) is 0 Å². The van der Waals surface area contributed by atoms with E-state index in [-0.39, 0.29) is 5.75 Å². The van der Waals surface area contributed by atoms with Crippen molar-refractivity contribution in [2.75, 3.05) is 0 Å². The minimum absolute atomic E-state index is 0.109. The molecule has 2 rings (SSSR count). The van der Waals surface area contributed by atoms with E-state index in [9.17, 15) is 4.39 Å². The van der Waals surface area contributed by atoms with E-state index in [2.05, 4.69) is 5.10 Å². The predicted molar refractivity (Wildman–Crippen MR) is 36.8 cm³/mol. The molecule has 0 atom stereocenters. The maximum Gasteiger partial charge on any atom is 0.233 e. The number of pyridine rings is 1. The monoisotopic (exact) mass is 152 g/mol. The van der Waals surface area contributed by atoms with Gasteiger partial charge >= 0.3 is 0 Å². The standard InChI is InChI=1S/C7H5FN2O/c8-7-4-5-3-6(11)1-2-10(5)9-7/h1-4,11H. The maximum atomic E-state index is 12.4. The van der Waals surface area contributed by atoms with Crippen LogP contribution in [0.1, 0.15) is 0 Å². The Morgan fingerprint density at radius 1 is 1.45 bits per heavy atom. The normalized spacial score (nSPS) is 10.6. The zero-order chi connectivity index (χ0) is 7.84. The lowest BCUT2D eigenvalue weighted by molar-refractivity contribution is 0.474. The Balaban J connectivity index is 2.82. The van der Waals surface area contributed by atoms with Gasteiger partial charge in [-0.2, -0.15) is 4.39 Å². The van der Waals surface area contributed by atoms with Gasteiger partial charge in [0.15, 0.2) is 0 Å². The van der Waals surface area contributed by atoms with Gasteiger partial charge in [-0.05, 0) is 6.07 Å². The van der Waals surface area contributed by atoms with Crippen LogP contribution in [0, 0.1) is 5.95 Å². The fraction of sp³-hybridized carbons (Fsp3) is 0. The molecule has 0 fully saturated rings. The first-order valence-corrected chi connectivity index (χ1v) is 3.09. The van der Waals surface area contributed by atoms with Crippen LogP contribution in [-0.2, 0) is 0 Å². The third-order valence-corrected chi connectivity index (χ3v) is 1.42. The van der Waals surface area contributed by atoms with Crippen molar-refractivity contribution in [3.05, 3.63) is 30.3 Å². The second-order valence-electron chi connectivity index (χ2n) is 2.22. The highest BCUT2D eigenvalue weighted by Gasteiger charge is 1.99. The number of halogens is 1. The van der Waals surface area contributed by atoms with Crippen LogP contribution in [0.2, 0.25) is 0 Å². The molecule has 0 aromatic carbocycles. The maximum absolute atomic E-state index is 12.4. The van der Waals surface area contributed by atoms with Crippen molar-refractivity contribution >= 4 is 5.52 Å². The van der Waals surface area contributed by atoms with E-state index in [1.54, 1.807) is 0 Å². The van der Waals surface area contributed by atoms with Crippen LogP contribution in [0.5, 0.6) is 5.75 Å². The highest BCUT2D eigenvalue weighted by atomic mass is 19.1. The molecule has 0 unspecified atom stereocenters. The van der Waals surface area contributed by atoms with Crippen LogP contribution in [0.4, 0.5) is 4.39 Å². The molecule has 0 spiro atoms. The number of hydrogen-bond acceptors (Lipinski definition) is 2. The quantitative estimate of drug-likeness (QED) is 0.615. The van der Waals surface area contributed by atoms with Crippen molar-refractivity contribution in [1.29, 1.82) is 0 Å². The average Bonchev–Trinajstić information content (AvgIpc) is 2.27. The van der Waals surface area contributed by atoms with Crippen LogP contribution < -0.4 is 0 Å². The van der Waals surface area contributed by atoms with Crippen LogP contribution >= 0.6 is 0 Å². The number of rotatable bonds is 0. The third-order valence-electron chi connectivity index (χ3n) is 1.42. The first-order valence-electron chi connectivity index (χ1n) is 3.09. The summed E-state index contributed by atoms with van der Waals surface area (Å²) in [5.41, 5.74) is 0.544. The van der Waals surface area contributed by atoms with E-state index in [4.69, 9.17) is 5.11 Å². The number of nitrogens with zero attached hydrogens (tertiary/aromatic N) is 2. The Hall–Kier alpha value is -1.58. The lowest BCUT2D eigenvalue weighted by Gasteiger charge is -1.91. The molecule has 1 N–H and O–H groups in total. The van der Waals surface area contributed by atoms with Gasteiger partial charge in [0.1, 0.15) is 5.75 Å². The highest BCUT2D eigenvalue weighted by molar-refractivity contribution is 5.49. The first kappa shape index (κ1) is 6.15. The number of fused-ring (bicyclic) bond motifs is 1. The Morgan fingerprint density at radius 2 is 2.27 bits per heavy atom. The molecule has 0 aliphatic carbocycles. The minimum Gasteiger partial charge on any atom is -0.508 e. The first-order chi connectivity index (χ1) is 5.25. The summed E-state index contributed by atoms with van der Waals surface area (Å²) in [7, 11) is 0. The van der Waals surface area contributed by atoms with Gasteiger partial charge in [0.05, 0.1) is 5.52 Å². The van der Waals surface area contributed by atoms with Crippen LogP contribution in [-0.4, -0.2) is 14.7 Å². The van der Waals surface area contributed by atoms with E-state index in [1.165, 1.54) is 28.9 Å². The summed E-state index contributed by atoms with van der Waals surface area (Å²) in [5.74, 6) is -0.437. The summed E-state index contributed by atoms with van der Waals surface area (Å²) in [6.45, 7) is 0. The summed E-state index contributed by atoms with van der Waals surface area (Å²) < 4.78 is 13.8. The summed E-state index contributed by atoms with van der Waals surface area (Å²) in [6, 6.07) is 4.13. The zero-order valence-corrected chi connectivity index (χ0v) is 5.53. The smallest absolute Gasteiger partial charge is 0.233 e. The summed E-state index contributed by atoms with van der Waals surface area (Å²) >= 11 is 0. The van der Waals surface area contributed by atoms with E-state index in [0.29, 0.717) is 5.52 Å². The van der Waals surface area contributed by atoms with Crippen LogP contribution in [0.25, 0.3) is 5.52 Å². The van der Waals surface area contributed by atoms with Gasteiger partial charge in [-0.15, -0.1) is 5.10 Å². The molecule has 2 aromatic heterocycles. The summed E-state index contributed by atoms with van der Waals surface area (Å²) in [5, 5.41) is 12.5. The summed E-state index contributed by atoms with van der Waals surface area (Å²) in [6.07, 6.45) is 1.49. The SMILES string of the molecule is Oc1ccn2nc(F)cc2c1. The number of hydrogen-bond donors (Lipinski definition) is 1.